The highest BCUT2D eigenvalue weighted by Gasteiger charge is 2.37. The van der Waals surface area contributed by atoms with E-state index in [1.54, 1.807) is 13.8 Å². The zero-order valence-electron chi connectivity index (χ0n) is 18.9. The molecule has 0 radical (unpaired) electrons. The van der Waals surface area contributed by atoms with Gasteiger partial charge in [-0.1, -0.05) is 52.0 Å². The standard InChI is InChI=1S/C24H33NO5/c1-7-29-22(27)13-25-17(6)23(24(28)30-14-15(2)3)20(12-21(25)26)19-10-8-18(9-11-19)16(4)5/h8-11,15-16,20H,7,12-14H2,1-6H3. The third-order valence-corrected chi connectivity index (χ3v) is 5.19. The normalized spacial score (nSPS) is 17.0. The molecule has 0 spiro atoms. The Morgan fingerprint density at radius 1 is 1.10 bits per heavy atom. The molecule has 0 fully saturated rings. The van der Waals surface area contributed by atoms with E-state index in [9.17, 15) is 14.4 Å². The SMILES string of the molecule is CCOC(=O)CN1C(=O)CC(c2ccc(C(C)C)cc2)C(C(=O)OCC(C)C)=C1C. The number of hydrogen-bond acceptors (Lipinski definition) is 5. The Balaban J connectivity index is 2.44. The lowest BCUT2D eigenvalue weighted by atomic mass is 9.83. The summed E-state index contributed by atoms with van der Waals surface area (Å²) in [5, 5.41) is 0. The minimum atomic E-state index is -0.500. The zero-order chi connectivity index (χ0) is 22.4. The molecular formula is C24H33NO5. The molecular weight excluding hydrogens is 382 g/mol. The molecule has 6 heteroatoms. The van der Waals surface area contributed by atoms with Gasteiger partial charge in [-0.3, -0.25) is 9.59 Å². The predicted molar refractivity (Wildman–Crippen MR) is 115 cm³/mol. The van der Waals surface area contributed by atoms with E-state index in [0.29, 0.717) is 23.8 Å². The van der Waals surface area contributed by atoms with Crippen molar-refractivity contribution in [1.82, 2.24) is 4.90 Å². The number of carbonyl (C=O) groups excluding carboxylic acids is 3. The minimum absolute atomic E-state index is 0.101. The van der Waals surface area contributed by atoms with Crippen LogP contribution in [-0.4, -0.2) is 42.5 Å². The lowest BCUT2D eigenvalue weighted by Gasteiger charge is -2.34. The van der Waals surface area contributed by atoms with Crippen LogP contribution in [0.15, 0.2) is 35.5 Å². The second kappa shape index (κ2) is 10.4. The molecule has 0 saturated heterocycles. The number of allylic oxidation sites excluding steroid dienone is 1. The summed E-state index contributed by atoms with van der Waals surface area (Å²) in [6.07, 6.45) is 0.101. The summed E-state index contributed by atoms with van der Waals surface area (Å²) in [7, 11) is 0. The fourth-order valence-electron chi connectivity index (χ4n) is 3.52. The molecule has 1 heterocycles. The Morgan fingerprint density at radius 2 is 1.73 bits per heavy atom. The molecule has 0 aromatic heterocycles. The van der Waals surface area contributed by atoms with E-state index in [4.69, 9.17) is 9.47 Å². The molecule has 0 saturated carbocycles. The van der Waals surface area contributed by atoms with Crippen molar-refractivity contribution in [3.05, 3.63) is 46.7 Å². The van der Waals surface area contributed by atoms with Gasteiger partial charge in [0.05, 0.1) is 18.8 Å². The van der Waals surface area contributed by atoms with Crippen molar-refractivity contribution >= 4 is 17.8 Å². The van der Waals surface area contributed by atoms with E-state index in [0.717, 1.165) is 5.56 Å². The fourth-order valence-corrected chi connectivity index (χ4v) is 3.52. The van der Waals surface area contributed by atoms with E-state index in [1.807, 2.05) is 38.1 Å². The molecule has 2 rings (SSSR count). The summed E-state index contributed by atoms with van der Waals surface area (Å²) in [5.41, 5.74) is 2.96. The highest BCUT2D eigenvalue weighted by molar-refractivity contribution is 5.96. The van der Waals surface area contributed by atoms with E-state index in [1.165, 1.54) is 10.5 Å². The molecule has 0 aliphatic carbocycles. The van der Waals surface area contributed by atoms with Crippen LogP contribution in [0.2, 0.25) is 0 Å². The first kappa shape index (κ1) is 23.6. The number of rotatable bonds is 8. The van der Waals surface area contributed by atoms with Crippen molar-refractivity contribution in [2.45, 2.75) is 59.8 Å². The van der Waals surface area contributed by atoms with Gasteiger partial charge in [0.25, 0.3) is 0 Å². The first-order valence-electron chi connectivity index (χ1n) is 10.6. The Hall–Kier alpha value is -2.63. The molecule has 1 aliphatic heterocycles. The topological polar surface area (TPSA) is 72.9 Å². The van der Waals surface area contributed by atoms with Gasteiger partial charge in [0.1, 0.15) is 6.54 Å². The molecule has 1 unspecified atom stereocenters. The molecule has 0 N–H and O–H groups in total. The van der Waals surface area contributed by atoms with Gasteiger partial charge in [0, 0.05) is 18.0 Å². The molecule has 30 heavy (non-hydrogen) atoms. The van der Waals surface area contributed by atoms with Gasteiger partial charge in [0.15, 0.2) is 0 Å². The van der Waals surface area contributed by atoms with Gasteiger partial charge in [-0.2, -0.15) is 0 Å². The highest BCUT2D eigenvalue weighted by atomic mass is 16.5. The van der Waals surface area contributed by atoms with E-state index < -0.39 is 17.9 Å². The van der Waals surface area contributed by atoms with Gasteiger partial charge in [0.2, 0.25) is 5.91 Å². The number of esters is 2. The summed E-state index contributed by atoms with van der Waals surface area (Å²) in [4.78, 5) is 39.2. The number of ether oxygens (including phenoxy) is 2. The fraction of sp³-hybridized carbons (Fsp3) is 0.542. The van der Waals surface area contributed by atoms with Gasteiger partial charge < -0.3 is 14.4 Å². The molecule has 1 aromatic rings. The van der Waals surface area contributed by atoms with Crippen LogP contribution in [0.3, 0.4) is 0 Å². The number of carbonyl (C=O) groups is 3. The van der Waals surface area contributed by atoms with Crippen molar-refractivity contribution < 1.29 is 23.9 Å². The molecule has 0 bridgehead atoms. The second-order valence-corrected chi connectivity index (χ2v) is 8.35. The summed E-state index contributed by atoms with van der Waals surface area (Å²) in [6.45, 7) is 11.9. The van der Waals surface area contributed by atoms with Crippen LogP contribution < -0.4 is 0 Å². The van der Waals surface area contributed by atoms with Crippen LogP contribution in [0.1, 0.15) is 70.9 Å². The largest absolute Gasteiger partial charge is 0.465 e. The minimum Gasteiger partial charge on any atom is -0.465 e. The molecule has 6 nitrogen and oxygen atoms in total. The molecule has 1 aromatic carbocycles. The van der Waals surface area contributed by atoms with Crippen molar-refractivity contribution in [2.24, 2.45) is 5.92 Å². The maximum Gasteiger partial charge on any atom is 0.336 e. The van der Waals surface area contributed by atoms with E-state index in [2.05, 4.69) is 13.8 Å². The smallest absolute Gasteiger partial charge is 0.336 e. The number of benzene rings is 1. The average Bonchev–Trinajstić information content (AvgIpc) is 2.69. The molecule has 164 valence electrons. The molecule has 1 atom stereocenters. The lowest BCUT2D eigenvalue weighted by Crippen LogP contribution is -2.41. The van der Waals surface area contributed by atoms with Crippen LogP contribution in [0.25, 0.3) is 0 Å². The second-order valence-electron chi connectivity index (χ2n) is 8.35. The van der Waals surface area contributed by atoms with Crippen molar-refractivity contribution in [3.8, 4) is 0 Å². The highest BCUT2D eigenvalue weighted by Crippen LogP contribution is 2.37. The van der Waals surface area contributed by atoms with E-state index in [-0.39, 0.29) is 31.4 Å². The summed E-state index contributed by atoms with van der Waals surface area (Å²) >= 11 is 0. The lowest BCUT2D eigenvalue weighted by molar-refractivity contribution is -0.149. The van der Waals surface area contributed by atoms with Gasteiger partial charge in [-0.05, 0) is 36.8 Å². The van der Waals surface area contributed by atoms with E-state index >= 15 is 0 Å². The third kappa shape index (κ3) is 5.71. The first-order valence-corrected chi connectivity index (χ1v) is 10.6. The van der Waals surface area contributed by atoms with Crippen molar-refractivity contribution in [2.75, 3.05) is 19.8 Å². The quantitative estimate of drug-likeness (QED) is 0.596. The van der Waals surface area contributed by atoms with Crippen molar-refractivity contribution in [1.29, 1.82) is 0 Å². The van der Waals surface area contributed by atoms with Crippen LogP contribution >= 0.6 is 0 Å². The molecule has 1 amide bonds. The monoisotopic (exact) mass is 415 g/mol. The Morgan fingerprint density at radius 3 is 2.27 bits per heavy atom. The Labute approximate surface area is 179 Å². The number of hydrogen-bond donors (Lipinski definition) is 0. The van der Waals surface area contributed by atoms with Crippen LogP contribution in [-0.2, 0) is 23.9 Å². The van der Waals surface area contributed by atoms with Gasteiger partial charge in [-0.25, -0.2) is 4.79 Å². The average molecular weight is 416 g/mol. The van der Waals surface area contributed by atoms with Crippen LogP contribution in [0.5, 0.6) is 0 Å². The maximum atomic E-state index is 13.0. The summed E-state index contributed by atoms with van der Waals surface area (Å²) in [6, 6.07) is 8.00. The predicted octanol–water partition coefficient (Wildman–Crippen LogP) is 4.16. The van der Waals surface area contributed by atoms with Crippen LogP contribution in [0.4, 0.5) is 0 Å². The third-order valence-electron chi connectivity index (χ3n) is 5.19. The zero-order valence-corrected chi connectivity index (χ0v) is 18.9. The maximum absolute atomic E-state index is 13.0. The summed E-state index contributed by atoms with van der Waals surface area (Å²) in [5.74, 6) is -0.976. The molecule has 1 aliphatic rings. The van der Waals surface area contributed by atoms with Crippen LogP contribution in [0, 0.1) is 5.92 Å². The van der Waals surface area contributed by atoms with Gasteiger partial charge >= 0.3 is 11.9 Å². The summed E-state index contributed by atoms with van der Waals surface area (Å²) < 4.78 is 10.5. The Kier molecular flexibility index (Phi) is 8.21. The Bertz CT molecular complexity index is 807. The number of nitrogens with zero attached hydrogens (tertiary/aromatic N) is 1. The van der Waals surface area contributed by atoms with Gasteiger partial charge in [-0.15, -0.1) is 0 Å². The number of amides is 1. The first-order chi connectivity index (χ1) is 14.1. The van der Waals surface area contributed by atoms with Crippen molar-refractivity contribution in [3.63, 3.8) is 0 Å².